The van der Waals surface area contributed by atoms with Crippen LogP contribution in [0.1, 0.15) is 27.9 Å². The number of methoxy groups -OCH3 is 2. The predicted molar refractivity (Wildman–Crippen MR) is 100 cm³/mol. The minimum absolute atomic E-state index is 0.0377. The second kappa shape index (κ2) is 7.13. The number of ether oxygens (including phenoxy) is 2. The SMILES string of the molecule is COC(=O)/C1=C/c2cccn2-c2c(sc(C(C)=O)c2C)SC1C(=O)OC. The van der Waals surface area contributed by atoms with E-state index in [1.807, 2.05) is 29.8 Å². The Bertz CT molecular complexity index is 938. The third-order valence-electron chi connectivity index (χ3n) is 4.07. The van der Waals surface area contributed by atoms with Gasteiger partial charge in [0.15, 0.2) is 5.78 Å². The van der Waals surface area contributed by atoms with Crippen LogP contribution in [0.4, 0.5) is 0 Å². The molecule has 3 heterocycles. The first-order valence-corrected chi connectivity index (χ1v) is 9.45. The van der Waals surface area contributed by atoms with E-state index in [1.165, 1.54) is 44.2 Å². The Hall–Kier alpha value is -2.32. The fraction of sp³-hybridized carbons (Fsp3) is 0.278. The van der Waals surface area contributed by atoms with Crippen LogP contribution in [0.15, 0.2) is 28.1 Å². The second-order valence-corrected chi connectivity index (χ2v) is 8.06. The molecule has 0 saturated carbocycles. The lowest BCUT2D eigenvalue weighted by molar-refractivity contribution is -0.142. The lowest BCUT2D eigenvalue weighted by atomic mass is 10.1. The van der Waals surface area contributed by atoms with E-state index in [0.29, 0.717) is 4.88 Å². The van der Waals surface area contributed by atoms with Crippen molar-refractivity contribution >= 4 is 46.9 Å². The first kappa shape index (κ1) is 18.5. The number of esters is 2. The smallest absolute Gasteiger partial charge is 0.335 e. The lowest BCUT2D eigenvalue weighted by Crippen LogP contribution is -2.27. The molecule has 0 aliphatic carbocycles. The predicted octanol–water partition coefficient (Wildman–Crippen LogP) is 3.25. The van der Waals surface area contributed by atoms with Gasteiger partial charge in [-0.3, -0.25) is 9.59 Å². The number of fused-ring (bicyclic) bond motifs is 3. The number of Topliss-reactive ketones (excluding diaryl/α,β-unsaturated/α-hetero) is 1. The molecule has 2 aromatic heterocycles. The highest BCUT2D eigenvalue weighted by Gasteiger charge is 2.35. The Morgan fingerprint density at radius 2 is 1.92 bits per heavy atom. The number of ketones is 1. The summed E-state index contributed by atoms with van der Waals surface area (Å²) in [6.45, 7) is 3.40. The van der Waals surface area contributed by atoms with E-state index >= 15 is 0 Å². The summed E-state index contributed by atoms with van der Waals surface area (Å²) in [6.07, 6.45) is 3.50. The first-order chi connectivity index (χ1) is 12.4. The van der Waals surface area contributed by atoms with E-state index in [1.54, 1.807) is 6.08 Å². The molecular formula is C18H17NO5S2. The zero-order chi connectivity index (χ0) is 19.0. The van der Waals surface area contributed by atoms with Crippen LogP contribution in [0.5, 0.6) is 0 Å². The number of thiophene rings is 1. The maximum Gasteiger partial charge on any atom is 0.335 e. The molecule has 1 aliphatic rings. The summed E-state index contributed by atoms with van der Waals surface area (Å²) < 4.78 is 12.5. The largest absolute Gasteiger partial charge is 0.468 e. The molecule has 1 aliphatic heterocycles. The molecule has 1 unspecified atom stereocenters. The van der Waals surface area contributed by atoms with Crippen LogP contribution in [0.2, 0.25) is 0 Å². The summed E-state index contributed by atoms with van der Waals surface area (Å²) in [4.78, 5) is 37.3. The van der Waals surface area contributed by atoms with Crippen LogP contribution in [-0.2, 0) is 19.1 Å². The Balaban J connectivity index is 2.29. The monoisotopic (exact) mass is 391 g/mol. The van der Waals surface area contributed by atoms with Crippen molar-refractivity contribution in [3.8, 4) is 5.69 Å². The number of rotatable bonds is 3. The lowest BCUT2D eigenvalue weighted by Gasteiger charge is -2.20. The van der Waals surface area contributed by atoms with Gasteiger partial charge in [0.1, 0.15) is 5.25 Å². The fourth-order valence-corrected chi connectivity index (χ4v) is 5.58. The number of hydrogen-bond donors (Lipinski definition) is 0. The molecule has 8 heteroatoms. The maximum absolute atomic E-state index is 12.4. The highest BCUT2D eigenvalue weighted by Crippen LogP contribution is 2.44. The van der Waals surface area contributed by atoms with Gasteiger partial charge in [0.05, 0.1) is 34.6 Å². The molecule has 0 aromatic carbocycles. The molecule has 0 saturated heterocycles. The van der Waals surface area contributed by atoms with Gasteiger partial charge in [-0.15, -0.1) is 11.3 Å². The summed E-state index contributed by atoms with van der Waals surface area (Å²) in [5.74, 6) is -1.18. The maximum atomic E-state index is 12.4. The summed E-state index contributed by atoms with van der Waals surface area (Å²) in [5, 5.41) is -0.882. The van der Waals surface area contributed by atoms with Crippen molar-refractivity contribution in [2.24, 2.45) is 0 Å². The van der Waals surface area contributed by atoms with E-state index in [0.717, 1.165) is 21.2 Å². The zero-order valence-corrected chi connectivity index (χ0v) is 16.3. The van der Waals surface area contributed by atoms with E-state index in [2.05, 4.69) is 0 Å². The molecular weight excluding hydrogens is 374 g/mol. The molecule has 3 rings (SSSR count). The van der Waals surface area contributed by atoms with Crippen LogP contribution >= 0.6 is 23.1 Å². The third kappa shape index (κ3) is 2.99. The summed E-state index contributed by atoms with van der Waals surface area (Å²) in [7, 11) is 2.55. The Morgan fingerprint density at radius 3 is 2.54 bits per heavy atom. The number of carbonyl (C=O) groups excluding carboxylic acids is 3. The number of nitrogens with zero attached hydrogens (tertiary/aromatic N) is 1. The number of aromatic nitrogens is 1. The quantitative estimate of drug-likeness (QED) is 0.591. The number of hydrogen-bond acceptors (Lipinski definition) is 7. The topological polar surface area (TPSA) is 74.6 Å². The van der Waals surface area contributed by atoms with Crippen molar-refractivity contribution in [3.63, 3.8) is 0 Å². The molecule has 0 bridgehead atoms. The van der Waals surface area contributed by atoms with Crippen molar-refractivity contribution < 1.29 is 23.9 Å². The van der Waals surface area contributed by atoms with Crippen LogP contribution in [0, 0.1) is 6.92 Å². The van der Waals surface area contributed by atoms with Crippen LogP contribution in [-0.4, -0.2) is 41.8 Å². The van der Waals surface area contributed by atoms with Gasteiger partial charge in [-0.2, -0.15) is 0 Å². The zero-order valence-electron chi connectivity index (χ0n) is 14.7. The fourth-order valence-electron chi connectivity index (χ4n) is 2.86. The minimum Gasteiger partial charge on any atom is -0.468 e. The molecule has 136 valence electrons. The van der Waals surface area contributed by atoms with Gasteiger partial charge in [-0.05, 0) is 37.6 Å². The van der Waals surface area contributed by atoms with E-state index < -0.39 is 17.2 Å². The van der Waals surface area contributed by atoms with E-state index in [-0.39, 0.29) is 11.4 Å². The second-order valence-electron chi connectivity index (χ2n) is 5.66. The summed E-state index contributed by atoms with van der Waals surface area (Å²) >= 11 is 2.51. The van der Waals surface area contributed by atoms with E-state index in [4.69, 9.17) is 9.47 Å². The Kier molecular flexibility index (Phi) is 5.06. The van der Waals surface area contributed by atoms with Gasteiger partial charge in [0.2, 0.25) is 0 Å². The average Bonchev–Trinajstić information content (AvgIpc) is 3.18. The van der Waals surface area contributed by atoms with Gasteiger partial charge in [-0.1, -0.05) is 11.8 Å². The van der Waals surface area contributed by atoms with Crippen molar-refractivity contribution in [3.05, 3.63) is 40.0 Å². The average molecular weight is 391 g/mol. The molecule has 0 amide bonds. The van der Waals surface area contributed by atoms with Crippen molar-refractivity contribution in [1.82, 2.24) is 4.57 Å². The van der Waals surface area contributed by atoms with Crippen molar-refractivity contribution in [2.75, 3.05) is 14.2 Å². The molecule has 6 nitrogen and oxygen atoms in total. The molecule has 0 fully saturated rings. The van der Waals surface area contributed by atoms with Crippen molar-refractivity contribution in [1.29, 1.82) is 0 Å². The molecule has 0 spiro atoms. The van der Waals surface area contributed by atoms with Gasteiger partial charge in [0.25, 0.3) is 0 Å². The normalized spacial score (nSPS) is 17.8. The Morgan fingerprint density at radius 1 is 1.19 bits per heavy atom. The summed E-state index contributed by atoms with van der Waals surface area (Å²) in [5.41, 5.74) is 2.61. The standard InChI is InChI=1S/C18H17NO5S2/c1-9-13-18(25-14(9)10(2)20)26-15(17(22)24-4)12(16(21)23-3)8-11-6-5-7-19(11)13/h5-8,15H,1-4H3/b12-8+. The van der Waals surface area contributed by atoms with Crippen LogP contribution < -0.4 is 0 Å². The van der Waals surface area contributed by atoms with Gasteiger partial charge in [-0.25, -0.2) is 4.79 Å². The highest BCUT2D eigenvalue weighted by atomic mass is 32.2. The molecule has 1 atom stereocenters. The van der Waals surface area contributed by atoms with Gasteiger partial charge >= 0.3 is 11.9 Å². The molecule has 0 N–H and O–H groups in total. The highest BCUT2D eigenvalue weighted by molar-refractivity contribution is 8.02. The number of thioether (sulfide) groups is 1. The van der Waals surface area contributed by atoms with Crippen LogP contribution in [0.25, 0.3) is 11.8 Å². The molecule has 2 aromatic rings. The van der Waals surface area contributed by atoms with Gasteiger partial charge in [0, 0.05) is 11.9 Å². The molecule has 0 radical (unpaired) electrons. The van der Waals surface area contributed by atoms with Crippen LogP contribution in [0.3, 0.4) is 0 Å². The Labute approximate surface area is 158 Å². The number of carbonyl (C=O) groups is 3. The minimum atomic E-state index is -0.882. The summed E-state index contributed by atoms with van der Waals surface area (Å²) in [6, 6.07) is 3.68. The first-order valence-electron chi connectivity index (χ1n) is 7.75. The third-order valence-corrected chi connectivity index (χ3v) is 6.88. The van der Waals surface area contributed by atoms with Crippen molar-refractivity contribution in [2.45, 2.75) is 23.3 Å². The van der Waals surface area contributed by atoms with Gasteiger partial charge < -0.3 is 14.0 Å². The molecule has 26 heavy (non-hydrogen) atoms. The van der Waals surface area contributed by atoms with E-state index in [9.17, 15) is 14.4 Å².